The first-order chi connectivity index (χ1) is 10.1. The smallest absolute Gasteiger partial charge is 0.257 e. The molecule has 3 N–H and O–H groups in total. The summed E-state index contributed by atoms with van der Waals surface area (Å²) in [4.78, 5) is 15.8. The Morgan fingerprint density at radius 2 is 2.14 bits per heavy atom. The third-order valence-corrected chi connectivity index (χ3v) is 2.84. The van der Waals surface area contributed by atoms with Crippen LogP contribution in [-0.2, 0) is 0 Å². The van der Waals surface area contributed by atoms with Crippen molar-refractivity contribution in [2.45, 2.75) is 0 Å². The molecule has 2 aromatic rings. The number of aliphatic hydroxyl groups excluding tert-OH is 1. The zero-order valence-electron chi connectivity index (χ0n) is 10.8. The lowest BCUT2D eigenvalue weighted by molar-refractivity contribution is 0.102. The van der Waals surface area contributed by atoms with Crippen molar-refractivity contribution in [1.29, 1.82) is 0 Å². The average molecular weight is 303 g/mol. The summed E-state index contributed by atoms with van der Waals surface area (Å²) >= 11 is 6.02. The fourth-order valence-corrected chi connectivity index (χ4v) is 1.75. The van der Waals surface area contributed by atoms with Gasteiger partial charge < -0.3 is 15.5 Å². The van der Waals surface area contributed by atoms with Crippen molar-refractivity contribution in [2.24, 2.45) is 0 Å². The molecule has 1 aromatic carbocycles. The van der Waals surface area contributed by atoms with Crippen LogP contribution < -0.4 is 5.32 Å². The Morgan fingerprint density at radius 3 is 2.86 bits per heavy atom. The molecule has 1 amide bonds. The molecule has 21 heavy (non-hydrogen) atoms. The Labute approximate surface area is 126 Å². The highest BCUT2D eigenvalue weighted by atomic mass is 35.5. The van der Waals surface area contributed by atoms with Crippen LogP contribution in [0.15, 0.2) is 36.7 Å². The van der Waals surface area contributed by atoms with Crippen LogP contribution in [0.2, 0.25) is 5.02 Å². The largest absolute Gasteiger partial charge is 0.506 e. The monoisotopic (exact) mass is 302 g/mol. The van der Waals surface area contributed by atoms with Gasteiger partial charge in [-0.2, -0.15) is 0 Å². The molecule has 0 aliphatic rings. The van der Waals surface area contributed by atoms with Crippen LogP contribution in [0.4, 0.5) is 5.69 Å². The molecule has 0 aliphatic heterocycles. The number of hydrogen-bond donors (Lipinski definition) is 3. The standard InChI is InChI=1S/C15H11ClN2O3/c16-13-4-3-10(2-1-5-19)6-14(13)18-15(21)11-7-12(20)9-17-8-11/h3-4,6-9,19-20H,5H2,(H,18,21). The molecule has 1 aromatic heterocycles. The lowest BCUT2D eigenvalue weighted by Gasteiger charge is -2.07. The van der Waals surface area contributed by atoms with Crippen LogP contribution in [0.5, 0.6) is 5.75 Å². The number of hydrogen-bond acceptors (Lipinski definition) is 4. The summed E-state index contributed by atoms with van der Waals surface area (Å²) in [6, 6.07) is 6.17. The first-order valence-electron chi connectivity index (χ1n) is 5.95. The van der Waals surface area contributed by atoms with Crippen molar-refractivity contribution in [3.05, 3.63) is 52.8 Å². The number of nitrogens with one attached hydrogen (secondary N) is 1. The maximum atomic E-state index is 12.0. The van der Waals surface area contributed by atoms with Crippen molar-refractivity contribution in [2.75, 3.05) is 11.9 Å². The summed E-state index contributed by atoms with van der Waals surface area (Å²) in [5.41, 5.74) is 1.20. The SMILES string of the molecule is O=C(Nc1cc(C#CCO)ccc1Cl)c1cncc(O)c1. The third-order valence-electron chi connectivity index (χ3n) is 2.51. The highest BCUT2D eigenvalue weighted by Crippen LogP contribution is 2.23. The summed E-state index contributed by atoms with van der Waals surface area (Å²) in [5.74, 6) is 4.68. The van der Waals surface area contributed by atoms with E-state index in [1.54, 1.807) is 18.2 Å². The highest BCUT2D eigenvalue weighted by molar-refractivity contribution is 6.34. The van der Waals surface area contributed by atoms with Gasteiger partial charge >= 0.3 is 0 Å². The number of aromatic nitrogens is 1. The molecule has 0 bridgehead atoms. The van der Waals surface area contributed by atoms with E-state index in [-0.39, 0.29) is 17.9 Å². The van der Waals surface area contributed by atoms with Crippen LogP contribution in [0.25, 0.3) is 0 Å². The van der Waals surface area contributed by atoms with Crippen LogP contribution in [0, 0.1) is 11.8 Å². The highest BCUT2D eigenvalue weighted by Gasteiger charge is 2.10. The molecule has 1 heterocycles. The minimum absolute atomic E-state index is 0.101. The zero-order chi connectivity index (χ0) is 15.2. The third kappa shape index (κ3) is 3.96. The Kier molecular flexibility index (Phi) is 4.77. The zero-order valence-corrected chi connectivity index (χ0v) is 11.6. The van der Waals surface area contributed by atoms with E-state index in [0.29, 0.717) is 16.3 Å². The topological polar surface area (TPSA) is 82.5 Å². The minimum Gasteiger partial charge on any atom is -0.506 e. The fourth-order valence-electron chi connectivity index (χ4n) is 1.59. The fraction of sp³-hybridized carbons (Fsp3) is 0.0667. The molecule has 0 fully saturated rings. The number of rotatable bonds is 2. The number of amides is 1. The summed E-state index contributed by atoms with van der Waals surface area (Å²) < 4.78 is 0. The van der Waals surface area contributed by atoms with Crippen LogP contribution in [-0.4, -0.2) is 27.7 Å². The normalized spacial score (nSPS) is 9.62. The van der Waals surface area contributed by atoms with Gasteiger partial charge in [0.15, 0.2) is 0 Å². The van der Waals surface area contributed by atoms with E-state index in [2.05, 4.69) is 22.1 Å². The second kappa shape index (κ2) is 6.75. The molecule has 0 spiro atoms. The number of anilines is 1. The number of carbonyl (C=O) groups is 1. The molecule has 0 saturated heterocycles. The number of pyridine rings is 1. The van der Waals surface area contributed by atoms with Gasteiger partial charge in [0.25, 0.3) is 5.91 Å². The first-order valence-corrected chi connectivity index (χ1v) is 6.32. The summed E-state index contributed by atoms with van der Waals surface area (Å²) in [5, 5.41) is 21.0. The van der Waals surface area contributed by atoms with Crippen molar-refractivity contribution >= 4 is 23.2 Å². The molecule has 6 heteroatoms. The molecule has 0 radical (unpaired) electrons. The number of aromatic hydroxyl groups is 1. The van der Waals surface area contributed by atoms with Crippen molar-refractivity contribution < 1.29 is 15.0 Å². The maximum Gasteiger partial charge on any atom is 0.257 e. The van der Waals surface area contributed by atoms with E-state index in [1.807, 2.05) is 0 Å². The van der Waals surface area contributed by atoms with Crippen LogP contribution in [0.3, 0.4) is 0 Å². The van der Waals surface area contributed by atoms with E-state index in [0.717, 1.165) is 0 Å². The van der Waals surface area contributed by atoms with Crippen molar-refractivity contribution in [3.8, 4) is 17.6 Å². The van der Waals surface area contributed by atoms with Gasteiger partial charge in [0.1, 0.15) is 12.4 Å². The van der Waals surface area contributed by atoms with Gasteiger partial charge in [-0.3, -0.25) is 9.78 Å². The van der Waals surface area contributed by atoms with E-state index in [9.17, 15) is 9.90 Å². The average Bonchev–Trinajstić information content (AvgIpc) is 2.48. The van der Waals surface area contributed by atoms with Gasteiger partial charge in [-0.1, -0.05) is 23.4 Å². The second-order valence-electron chi connectivity index (χ2n) is 4.04. The lowest BCUT2D eigenvalue weighted by atomic mass is 10.2. The van der Waals surface area contributed by atoms with Crippen molar-refractivity contribution in [1.82, 2.24) is 4.98 Å². The van der Waals surface area contributed by atoms with E-state index < -0.39 is 5.91 Å². The summed E-state index contributed by atoms with van der Waals surface area (Å²) in [7, 11) is 0. The number of nitrogens with zero attached hydrogens (tertiary/aromatic N) is 1. The predicted molar refractivity (Wildman–Crippen MR) is 79.3 cm³/mol. The Morgan fingerprint density at radius 1 is 1.33 bits per heavy atom. The Bertz CT molecular complexity index is 735. The Hall–Kier alpha value is -2.55. The predicted octanol–water partition coefficient (Wildman–Crippen LogP) is 2.04. The summed E-state index contributed by atoms with van der Waals surface area (Å²) in [6.07, 6.45) is 2.56. The molecule has 2 rings (SSSR count). The maximum absolute atomic E-state index is 12.0. The lowest BCUT2D eigenvalue weighted by Crippen LogP contribution is -2.12. The van der Waals surface area contributed by atoms with Gasteiger partial charge in [0.2, 0.25) is 0 Å². The van der Waals surface area contributed by atoms with Gasteiger partial charge in [0, 0.05) is 11.8 Å². The van der Waals surface area contributed by atoms with Crippen molar-refractivity contribution in [3.63, 3.8) is 0 Å². The molecular weight excluding hydrogens is 292 g/mol. The quantitative estimate of drug-likeness (QED) is 0.741. The summed E-state index contributed by atoms with van der Waals surface area (Å²) in [6.45, 7) is -0.251. The molecule has 0 aliphatic carbocycles. The van der Waals surface area contributed by atoms with Gasteiger partial charge in [-0.05, 0) is 24.3 Å². The number of carbonyl (C=O) groups excluding carboxylic acids is 1. The van der Waals surface area contributed by atoms with Crippen LogP contribution in [0.1, 0.15) is 15.9 Å². The Balaban J connectivity index is 2.24. The van der Waals surface area contributed by atoms with E-state index in [1.165, 1.54) is 18.5 Å². The van der Waals surface area contributed by atoms with Crippen LogP contribution >= 0.6 is 11.6 Å². The molecular formula is C15H11ClN2O3. The second-order valence-corrected chi connectivity index (χ2v) is 4.45. The number of benzene rings is 1. The van der Waals surface area contributed by atoms with E-state index >= 15 is 0 Å². The number of halogens is 1. The molecule has 0 saturated carbocycles. The molecule has 0 unspecified atom stereocenters. The number of aliphatic hydroxyl groups is 1. The minimum atomic E-state index is -0.451. The van der Waals surface area contributed by atoms with Gasteiger partial charge in [0.05, 0.1) is 22.5 Å². The molecule has 106 valence electrons. The molecule has 0 atom stereocenters. The van der Waals surface area contributed by atoms with E-state index in [4.69, 9.17) is 16.7 Å². The van der Waals surface area contributed by atoms with Gasteiger partial charge in [-0.25, -0.2) is 0 Å². The van der Waals surface area contributed by atoms with Gasteiger partial charge in [-0.15, -0.1) is 0 Å². The first kappa shape index (κ1) is 14.9. The molecule has 5 nitrogen and oxygen atoms in total.